The second-order valence-electron chi connectivity index (χ2n) is 6.07. The van der Waals surface area contributed by atoms with Gasteiger partial charge in [-0.1, -0.05) is 59.3 Å². The molecule has 0 aliphatic rings. The van der Waals surface area contributed by atoms with Gasteiger partial charge < -0.3 is 4.90 Å². The molecule has 5 nitrogen and oxygen atoms in total. The zero-order chi connectivity index (χ0) is 19.4. The Bertz CT molecular complexity index is 925. The molecular formula is C19H18ClFN4OS. The standard InChI is InChI=1S/C19H18ClFN4OS/c1-12-6-8-13(9-7-12)18-22-19(24-23-18)27-11-17(26)25(2)10-14-15(20)4-3-5-16(14)21/h3-9H,10-11H2,1-2H3,(H,22,23,24). The van der Waals surface area contributed by atoms with E-state index in [1.807, 2.05) is 31.2 Å². The fourth-order valence-corrected chi connectivity index (χ4v) is 3.36. The Hall–Kier alpha value is -2.38. The number of carbonyl (C=O) groups excluding carboxylic acids is 1. The molecule has 27 heavy (non-hydrogen) atoms. The van der Waals surface area contributed by atoms with Crippen molar-refractivity contribution in [2.24, 2.45) is 0 Å². The Morgan fingerprint density at radius 3 is 2.70 bits per heavy atom. The van der Waals surface area contributed by atoms with E-state index in [-0.39, 0.29) is 18.2 Å². The van der Waals surface area contributed by atoms with Gasteiger partial charge in [-0.25, -0.2) is 9.37 Å². The summed E-state index contributed by atoms with van der Waals surface area (Å²) >= 11 is 7.24. The third kappa shape index (κ3) is 4.87. The van der Waals surface area contributed by atoms with Crippen molar-refractivity contribution < 1.29 is 9.18 Å². The Morgan fingerprint density at radius 1 is 1.26 bits per heavy atom. The molecule has 0 fully saturated rings. The lowest BCUT2D eigenvalue weighted by Gasteiger charge is -2.18. The summed E-state index contributed by atoms with van der Waals surface area (Å²) in [5.41, 5.74) is 2.40. The number of nitrogens with one attached hydrogen (secondary N) is 1. The van der Waals surface area contributed by atoms with Crippen molar-refractivity contribution in [3.05, 3.63) is 64.4 Å². The summed E-state index contributed by atoms with van der Waals surface area (Å²) in [4.78, 5) is 18.2. The first-order chi connectivity index (χ1) is 12.9. The first-order valence-electron chi connectivity index (χ1n) is 8.23. The van der Waals surface area contributed by atoms with Crippen molar-refractivity contribution in [1.29, 1.82) is 0 Å². The number of aromatic nitrogens is 3. The molecule has 0 bridgehead atoms. The van der Waals surface area contributed by atoms with Crippen molar-refractivity contribution in [3.63, 3.8) is 0 Å². The quantitative estimate of drug-likeness (QED) is 0.621. The summed E-state index contributed by atoms with van der Waals surface area (Å²) in [6.45, 7) is 2.12. The molecule has 0 atom stereocenters. The lowest BCUT2D eigenvalue weighted by Crippen LogP contribution is -2.28. The number of aromatic amines is 1. The molecule has 8 heteroatoms. The zero-order valence-corrected chi connectivity index (χ0v) is 16.4. The van der Waals surface area contributed by atoms with Crippen LogP contribution in [-0.2, 0) is 11.3 Å². The molecule has 2 aromatic carbocycles. The maximum absolute atomic E-state index is 13.9. The molecule has 1 amide bonds. The molecule has 0 radical (unpaired) electrons. The van der Waals surface area contributed by atoms with E-state index in [0.717, 1.165) is 11.1 Å². The number of amides is 1. The molecule has 1 heterocycles. The highest BCUT2D eigenvalue weighted by atomic mass is 35.5. The van der Waals surface area contributed by atoms with Gasteiger partial charge in [-0.2, -0.15) is 0 Å². The van der Waals surface area contributed by atoms with Crippen molar-refractivity contribution in [3.8, 4) is 11.4 Å². The van der Waals surface area contributed by atoms with Gasteiger partial charge >= 0.3 is 0 Å². The maximum Gasteiger partial charge on any atom is 0.233 e. The number of nitrogens with zero attached hydrogens (tertiary/aromatic N) is 3. The summed E-state index contributed by atoms with van der Waals surface area (Å²) in [6, 6.07) is 12.4. The summed E-state index contributed by atoms with van der Waals surface area (Å²) in [6.07, 6.45) is 0. The molecular weight excluding hydrogens is 387 g/mol. The van der Waals surface area contributed by atoms with Crippen LogP contribution in [0.5, 0.6) is 0 Å². The third-order valence-electron chi connectivity index (χ3n) is 4.00. The number of H-pyrrole nitrogens is 1. The minimum absolute atomic E-state index is 0.105. The van der Waals surface area contributed by atoms with Crippen molar-refractivity contribution in [2.45, 2.75) is 18.6 Å². The minimum atomic E-state index is -0.425. The molecule has 0 saturated carbocycles. The molecule has 3 rings (SSSR count). The predicted octanol–water partition coefficient (Wildman–Crippen LogP) is 4.32. The number of thioether (sulfide) groups is 1. The van der Waals surface area contributed by atoms with Gasteiger partial charge in [-0.05, 0) is 19.1 Å². The number of aryl methyl sites for hydroxylation is 1. The molecule has 1 aromatic heterocycles. The number of hydrogen-bond acceptors (Lipinski definition) is 4. The van der Waals surface area contributed by atoms with E-state index in [1.54, 1.807) is 13.1 Å². The number of carbonyl (C=O) groups is 1. The normalized spacial score (nSPS) is 10.8. The SMILES string of the molecule is Cc1ccc(-c2nc(SCC(=O)N(C)Cc3c(F)cccc3Cl)n[nH]2)cc1. The molecule has 0 aliphatic carbocycles. The molecule has 140 valence electrons. The molecule has 1 N–H and O–H groups in total. The van der Waals surface area contributed by atoms with Gasteiger partial charge in [-0.15, -0.1) is 5.10 Å². The Labute approximate surface area is 166 Å². The van der Waals surface area contributed by atoms with Crippen LogP contribution in [0.2, 0.25) is 5.02 Å². The monoisotopic (exact) mass is 404 g/mol. The van der Waals surface area contributed by atoms with Crippen LogP contribution in [0, 0.1) is 12.7 Å². The van der Waals surface area contributed by atoms with Crippen molar-refractivity contribution >= 4 is 29.3 Å². The van der Waals surface area contributed by atoms with Gasteiger partial charge in [0, 0.05) is 29.7 Å². The average Bonchev–Trinajstić information content (AvgIpc) is 3.12. The Morgan fingerprint density at radius 2 is 2.00 bits per heavy atom. The smallest absolute Gasteiger partial charge is 0.233 e. The van der Waals surface area contributed by atoms with E-state index < -0.39 is 5.82 Å². The first-order valence-corrected chi connectivity index (χ1v) is 9.59. The van der Waals surface area contributed by atoms with Gasteiger partial charge in [0.2, 0.25) is 11.1 Å². The van der Waals surface area contributed by atoms with Gasteiger partial charge in [-0.3, -0.25) is 9.89 Å². The van der Waals surface area contributed by atoms with Crippen LogP contribution in [0.25, 0.3) is 11.4 Å². The second-order valence-corrected chi connectivity index (χ2v) is 7.42. The van der Waals surface area contributed by atoms with Crippen LogP contribution in [0.1, 0.15) is 11.1 Å². The third-order valence-corrected chi connectivity index (χ3v) is 5.18. The first kappa shape index (κ1) is 19.4. The topological polar surface area (TPSA) is 61.9 Å². The van der Waals surface area contributed by atoms with Gasteiger partial charge in [0.25, 0.3) is 0 Å². The van der Waals surface area contributed by atoms with Crippen LogP contribution in [0.3, 0.4) is 0 Å². The van der Waals surface area contributed by atoms with Crippen LogP contribution in [0.4, 0.5) is 4.39 Å². The van der Waals surface area contributed by atoms with E-state index in [4.69, 9.17) is 11.6 Å². The number of benzene rings is 2. The summed E-state index contributed by atoms with van der Waals surface area (Å²) in [5, 5.41) is 7.80. The highest BCUT2D eigenvalue weighted by Crippen LogP contribution is 2.22. The van der Waals surface area contributed by atoms with E-state index in [1.165, 1.54) is 28.8 Å². The van der Waals surface area contributed by atoms with E-state index in [9.17, 15) is 9.18 Å². The van der Waals surface area contributed by atoms with E-state index in [0.29, 0.717) is 21.6 Å². The molecule has 0 spiro atoms. The highest BCUT2D eigenvalue weighted by Gasteiger charge is 2.16. The van der Waals surface area contributed by atoms with Crippen LogP contribution >= 0.6 is 23.4 Å². The molecule has 0 saturated heterocycles. The maximum atomic E-state index is 13.9. The van der Waals surface area contributed by atoms with Crippen LogP contribution < -0.4 is 0 Å². The number of halogens is 2. The second kappa shape index (κ2) is 8.54. The van der Waals surface area contributed by atoms with Crippen LogP contribution in [0.15, 0.2) is 47.6 Å². The Kier molecular flexibility index (Phi) is 6.13. The fourth-order valence-electron chi connectivity index (χ4n) is 2.40. The lowest BCUT2D eigenvalue weighted by atomic mass is 10.1. The predicted molar refractivity (Wildman–Crippen MR) is 105 cm³/mol. The molecule has 3 aromatic rings. The average molecular weight is 405 g/mol. The lowest BCUT2D eigenvalue weighted by molar-refractivity contribution is -0.127. The van der Waals surface area contributed by atoms with Gasteiger partial charge in [0.05, 0.1) is 5.75 Å². The van der Waals surface area contributed by atoms with Gasteiger partial charge in [0.15, 0.2) is 5.82 Å². The Balaban J connectivity index is 1.58. The largest absolute Gasteiger partial charge is 0.341 e. The van der Waals surface area contributed by atoms with E-state index in [2.05, 4.69) is 15.2 Å². The minimum Gasteiger partial charge on any atom is -0.341 e. The molecule has 0 unspecified atom stereocenters. The van der Waals surface area contributed by atoms with Crippen LogP contribution in [-0.4, -0.2) is 38.8 Å². The summed E-state index contributed by atoms with van der Waals surface area (Å²) in [7, 11) is 1.61. The number of rotatable bonds is 6. The number of hydrogen-bond donors (Lipinski definition) is 1. The van der Waals surface area contributed by atoms with Crippen molar-refractivity contribution in [2.75, 3.05) is 12.8 Å². The fraction of sp³-hybridized carbons (Fsp3) is 0.211. The van der Waals surface area contributed by atoms with E-state index >= 15 is 0 Å². The summed E-state index contributed by atoms with van der Waals surface area (Å²) in [5.74, 6) is 0.206. The molecule has 0 aliphatic heterocycles. The van der Waals surface area contributed by atoms with Crippen molar-refractivity contribution in [1.82, 2.24) is 20.1 Å². The zero-order valence-electron chi connectivity index (χ0n) is 14.9. The summed E-state index contributed by atoms with van der Waals surface area (Å²) < 4.78 is 13.9. The highest BCUT2D eigenvalue weighted by molar-refractivity contribution is 7.99. The van der Waals surface area contributed by atoms with Gasteiger partial charge in [0.1, 0.15) is 5.82 Å².